The van der Waals surface area contributed by atoms with Crippen molar-refractivity contribution in [3.8, 4) is 0 Å². The number of fused-ring (bicyclic) bond motifs is 1. The van der Waals surface area contributed by atoms with Gasteiger partial charge in [-0.3, -0.25) is 4.40 Å². The zero-order valence-corrected chi connectivity index (χ0v) is 8.95. The molecule has 70 valence electrons. The molecular weight excluding hydrogens is 232 g/mol. The summed E-state index contributed by atoms with van der Waals surface area (Å²) in [7, 11) is 1.47. The zero-order chi connectivity index (χ0) is 9.64. The van der Waals surface area contributed by atoms with Gasteiger partial charge in [0.2, 0.25) is 5.03 Å². The summed E-state index contributed by atoms with van der Waals surface area (Å²) in [5.41, 5.74) is 0.944. The van der Waals surface area contributed by atoms with E-state index in [1.54, 1.807) is 4.40 Å². The van der Waals surface area contributed by atoms with Crippen LogP contribution < -0.4 is 0 Å². The van der Waals surface area contributed by atoms with Crippen LogP contribution in [0.2, 0.25) is 0 Å². The van der Waals surface area contributed by atoms with Gasteiger partial charge in [0.15, 0.2) is 0 Å². The molecule has 0 fully saturated rings. The first-order chi connectivity index (χ1) is 6.00. The highest BCUT2D eigenvalue weighted by Crippen LogP contribution is 2.25. The molecule has 0 aromatic carbocycles. The minimum atomic E-state index is -3.72. The Hall–Kier alpha value is -0.590. The maximum atomic E-state index is 11.0. The maximum Gasteiger partial charge on any atom is 0.281 e. The SMILES string of the molecule is Cc1csc2c(S(=O)(=O)Cl)ncn12. The summed E-state index contributed by atoms with van der Waals surface area (Å²) in [5.74, 6) is 0. The van der Waals surface area contributed by atoms with Gasteiger partial charge >= 0.3 is 0 Å². The fraction of sp³-hybridized carbons (Fsp3) is 0.167. The van der Waals surface area contributed by atoms with E-state index in [0.29, 0.717) is 4.83 Å². The molecule has 0 N–H and O–H groups in total. The summed E-state index contributed by atoms with van der Waals surface area (Å²) in [4.78, 5) is 4.30. The fourth-order valence-corrected chi connectivity index (χ4v) is 3.33. The lowest BCUT2D eigenvalue weighted by Gasteiger charge is -1.86. The van der Waals surface area contributed by atoms with Crippen LogP contribution in [0.25, 0.3) is 4.83 Å². The van der Waals surface area contributed by atoms with E-state index in [9.17, 15) is 8.42 Å². The predicted octanol–water partition coefficient (Wildman–Crippen LogP) is 1.63. The molecule has 0 aliphatic rings. The van der Waals surface area contributed by atoms with E-state index in [2.05, 4.69) is 4.98 Å². The van der Waals surface area contributed by atoms with Crippen molar-refractivity contribution >= 4 is 35.9 Å². The van der Waals surface area contributed by atoms with Crippen LogP contribution in [0.1, 0.15) is 5.69 Å². The highest BCUT2D eigenvalue weighted by atomic mass is 35.7. The van der Waals surface area contributed by atoms with Crippen molar-refractivity contribution in [2.45, 2.75) is 11.9 Å². The van der Waals surface area contributed by atoms with Gasteiger partial charge in [0, 0.05) is 21.8 Å². The second-order valence-corrected chi connectivity index (χ2v) is 5.88. The quantitative estimate of drug-likeness (QED) is 0.708. The number of halogens is 1. The minimum Gasteiger partial charge on any atom is -0.293 e. The number of thiazole rings is 1. The molecule has 0 atom stereocenters. The van der Waals surface area contributed by atoms with E-state index in [0.717, 1.165) is 5.69 Å². The number of hydrogen-bond acceptors (Lipinski definition) is 4. The Morgan fingerprint density at radius 3 is 2.92 bits per heavy atom. The Kier molecular flexibility index (Phi) is 1.86. The Morgan fingerprint density at radius 2 is 2.31 bits per heavy atom. The number of hydrogen-bond donors (Lipinski definition) is 0. The third kappa shape index (κ3) is 1.34. The van der Waals surface area contributed by atoms with E-state index in [-0.39, 0.29) is 5.03 Å². The van der Waals surface area contributed by atoms with Crippen molar-refractivity contribution in [1.82, 2.24) is 9.38 Å². The topological polar surface area (TPSA) is 51.4 Å². The first-order valence-corrected chi connectivity index (χ1v) is 6.55. The zero-order valence-electron chi connectivity index (χ0n) is 6.56. The van der Waals surface area contributed by atoms with Gasteiger partial charge in [-0.2, -0.15) is 0 Å². The molecule has 7 heteroatoms. The molecule has 13 heavy (non-hydrogen) atoms. The fourth-order valence-electron chi connectivity index (χ4n) is 1.04. The lowest BCUT2D eigenvalue weighted by atomic mass is 10.6. The minimum absolute atomic E-state index is 0.0627. The van der Waals surface area contributed by atoms with Gasteiger partial charge in [-0.15, -0.1) is 11.3 Å². The molecule has 0 amide bonds. The molecule has 4 nitrogen and oxygen atoms in total. The second-order valence-electron chi connectivity index (χ2n) is 2.54. The number of rotatable bonds is 1. The summed E-state index contributed by atoms with van der Waals surface area (Å²) >= 11 is 1.31. The highest BCUT2D eigenvalue weighted by molar-refractivity contribution is 8.13. The van der Waals surface area contributed by atoms with Gasteiger partial charge < -0.3 is 0 Å². The average molecular weight is 237 g/mol. The number of aromatic nitrogens is 2. The Bertz CT molecular complexity index is 554. The predicted molar refractivity (Wildman–Crippen MR) is 50.8 cm³/mol. The van der Waals surface area contributed by atoms with Gasteiger partial charge in [0.25, 0.3) is 9.05 Å². The molecule has 0 aliphatic carbocycles. The van der Waals surface area contributed by atoms with Crippen LogP contribution in [0.15, 0.2) is 16.7 Å². The van der Waals surface area contributed by atoms with E-state index < -0.39 is 9.05 Å². The van der Waals surface area contributed by atoms with Gasteiger partial charge in [-0.25, -0.2) is 13.4 Å². The monoisotopic (exact) mass is 236 g/mol. The normalized spacial score (nSPS) is 12.5. The van der Waals surface area contributed by atoms with Crippen molar-refractivity contribution in [2.75, 3.05) is 0 Å². The van der Waals surface area contributed by atoms with Crippen molar-refractivity contribution in [1.29, 1.82) is 0 Å². The van der Waals surface area contributed by atoms with Gasteiger partial charge in [-0.05, 0) is 6.92 Å². The van der Waals surface area contributed by atoms with Crippen molar-refractivity contribution in [3.05, 3.63) is 17.4 Å². The molecule has 0 saturated heterocycles. The summed E-state index contributed by atoms with van der Waals surface area (Å²) in [6.45, 7) is 1.87. The van der Waals surface area contributed by atoms with E-state index >= 15 is 0 Å². The third-order valence-electron chi connectivity index (χ3n) is 1.64. The molecule has 0 saturated carbocycles. The second kappa shape index (κ2) is 2.70. The van der Waals surface area contributed by atoms with Crippen molar-refractivity contribution < 1.29 is 8.42 Å². The van der Waals surface area contributed by atoms with E-state index in [4.69, 9.17) is 10.7 Å². The molecule has 2 heterocycles. The van der Waals surface area contributed by atoms with Crippen LogP contribution in [0.4, 0.5) is 0 Å². The van der Waals surface area contributed by atoms with E-state index in [1.807, 2.05) is 12.3 Å². The van der Waals surface area contributed by atoms with E-state index in [1.165, 1.54) is 17.7 Å². The molecule has 0 spiro atoms. The molecule has 0 unspecified atom stereocenters. The number of nitrogens with zero attached hydrogens (tertiary/aromatic N) is 2. The number of aryl methyl sites for hydroxylation is 1. The molecule has 2 aromatic heterocycles. The van der Waals surface area contributed by atoms with Gasteiger partial charge in [-0.1, -0.05) is 0 Å². The van der Waals surface area contributed by atoms with Crippen LogP contribution in [0.5, 0.6) is 0 Å². The Morgan fingerprint density at radius 1 is 1.62 bits per heavy atom. The first-order valence-electron chi connectivity index (χ1n) is 3.36. The Balaban J connectivity index is 2.87. The lowest BCUT2D eigenvalue weighted by Crippen LogP contribution is -1.89. The third-order valence-corrected chi connectivity index (χ3v) is 4.04. The summed E-state index contributed by atoms with van der Waals surface area (Å²) < 4.78 is 23.7. The van der Waals surface area contributed by atoms with Crippen LogP contribution in [0, 0.1) is 6.92 Å². The highest BCUT2D eigenvalue weighted by Gasteiger charge is 2.19. The van der Waals surface area contributed by atoms with Crippen LogP contribution in [-0.4, -0.2) is 17.8 Å². The van der Waals surface area contributed by atoms with Gasteiger partial charge in [0.1, 0.15) is 11.2 Å². The summed E-state index contributed by atoms with van der Waals surface area (Å²) in [5, 5.41) is 1.79. The molecule has 2 aromatic rings. The van der Waals surface area contributed by atoms with Crippen LogP contribution >= 0.6 is 22.0 Å². The smallest absolute Gasteiger partial charge is 0.281 e. The lowest BCUT2D eigenvalue weighted by molar-refractivity contribution is 0.608. The average Bonchev–Trinajstić information content (AvgIpc) is 2.51. The van der Waals surface area contributed by atoms with Crippen molar-refractivity contribution in [3.63, 3.8) is 0 Å². The molecule has 0 bridgehead atoms. The summed E-state index contributed by atoms with van der Waals surface area (Å²) in [6, 6.07) is 0. The first kappa shape index (κ1) is 8.98. The number of imidazole rings is 1. The van der Waals surface area contributed by atoms with Crippen molar-refractivity contribution in [2.24, 2.45) is 0 Å². The van der Waals surface area contributed by atoms with Crippen LogP contribution in [0.3, 0.4) is 0 Å². The summed E-state index contributed by atoms with van der Waals surface area (Å²) in [6.07, 6.45) is 1.45. The molecule has 2 rings (SSSR count). The Labute approximate surface area is 83.2 Å². The largest absolute Gasteiger partial charge is 0.293 e. The standard InChI is InChI=1S/C6H5ClN2O2S2/c1-4-2-12-6-5(13(7,10)11)8-3-9(4)6/h2-3H,1H3. The molecule has 0 aliphatic heterocycles. The molecular formula is C6H5ClN2O2S2. The molecule has 0 radical (unpaired) electrons. The van der Waals surface area contributed by atoms with Crippen LogP contribution in [-0.2, 0) is 9.05 Å². The van der Waals surface area contributed by atoms with Gasteiger partial charge in [0.05, 0.1) is 0 Å². The maximum absolute atomic E-state index is 11.0.